The number of nitrogens with zero attached hydrogens (tertiary/aromatic N) is 1. The molecule has 1 amide bonds. The molecule has 6 nitrogen and oxygen atoms in total. The minimum atomic E-state index is -0.684. The fourth-order valence-electron chi connectivity index (χ4n) is 1.79. The number of rotatable bonds is 6. The maximum atomic E-state index is 12.0. The standard InChI is InChI=1S/C14H17ClN2O4/c1-3-5-7-16-14(19)10-8-9(6-4-2)12(17(20)21)11(15)13(10)18/h4,6,8,18H,3,5,7H2,1-2H3,(H,16,19). The zero-order valence-corrected chi connectivity index (χ0v) is 12.6. The quantitative estimate of drug-likeness (QED) is 0.477. The summed E-state index contributed by atoms with van der Waals surface area (Å²) in [4.78, 5) is 22.4. The summed E-state index contributed by atoms with van der Waals surface area (Å²) in [6.45, 7) is 4.13. The number of nitro groups is 1. The highest BCUT2D eigenvalue weighted by atomic mass is 35.5. The summed E-state index contributed by atoms with van der Waals surface area (Å²) in [5, 5.41) is 23.2. The van der Waals surface area contributed by atoms with E-state index in [4.69, 9.17) is 11.6 Å². The monoisotopic (exact) mass is 312 g/mol. The van der Waals surface area contributed by atoms with Crippen molar-refractivity contribution in [1.29, 1.82) is 0 Å². The first-order valence-corrected chi connectivity index (χ1v) is 6.92. The number of phenols is 1. The SMILES string of the molecule is CC=Cc1cc(C(=O)NCCCC)c(O)c(Cl)c1[N+](=O)[O-]. The van der Waals surface area contributed by atoms with Crippen LogP contribution >= 0.6 is 11.6 Å². The molecular formula is C14H17ClN2O4. The maximum absolute atomic E-state index is 12.0. The van der Waals surface area contributed by atoms with Crippen LogP contribution in [0.3, 0.4) is 0 Å². The molecule has 0 saturated heterocycles. The lowest BCUT2D eigenvalue weighted by molar-refractivity contribution is -0.385. The molecule has 0 bridgehead atoms. The lowest BCUT2D eigenvalue weighted by atomic mass is 10.1. The van der Waals surface area contributed by atoms with Crippen molar-refractivity contribution in [2.75, 3.05) is 6.54 Å². The van der Waals surface area contributed by atoms with Gasteiger partial charge in [-0.05, 0) is 19.4 Å². The third-order valence-electron chi connectivity index (χ3n) is 2.83. The number of unbranched alkanes of at least 4 members (excludes halogenated alkanes) is 1. The van der Waals surface area contributed by atoms with Crippen molar-refractivity contribution in [1.82, 2.24) is 5.32 Å². The minimum Gasteiger partial charge on any atom is -0.505 e. The summed E-state index contributed by atoms with van der Waals surface area (Å²) in [6, 6.07) is 1.26. The highest BCUT2D eigenvalue weighted by Gasteiger charge is 2.26. The third kappa shape index (κ3) is 3.95. The number of hydrogen-bond acceptors (Lipinski definition) is 4. The van der Waals surface area contributed by atoms with Gasteiger partial charge < -0.3 is 10.4 Å². The predicted molar refractivity (Wildman–Crippen MR) is 81.7 cm³/mol. The van der Waals surface area contributed by atoms with Crippen molar-refractivity contribution in [3.8, 4) is 5.75 Å². The molecule has 0 aliphatic rings. The van der Waals surface area contributed by atoms with Crippen molar-refractivity contribution in [2.24, 2.45) is 0 Å². The van der Waals surface area contributed by atoms with Gasteiger partial charge in [0.25, 0.3) is 11.6 Å². The van der Waals surface area contributed by atoms with Crippen molar-refractivity contribution < 1.29 is 14.8 Å². The molecule has 0 atom stereocenters. The largest absolute Gasteiger partial charge is 0.505 e. The Kier molecular flexibility index (Phi) is 6.17. The van der Waals surface area contributed by atoms with E-state index >= 15 is 0 Å². The van der Waals surface area contributed by atoms with Gasteiger partial charge in [0.1, 0.15) is 0 Å². The Morgan fingerprint density at radius 2 is 2.24 bits per heavy atom. The fraction of sp³-hybridized carbons (Fsp3) is 0.357. The number of hydrogen-bond donors (Lipinski definition) is 2. The molecule has 0 aromatic heterocycles. The number of benzene rings is 1. The number of carbonyl (C=O) groups is 1. The number of nitrogens with one attached hydrogen (secondary N) is 1. The van der Waals surface area contributed by atoms with E-state index in [1.807, 2.05) is 6.92 Å². The van der Waals surface area contributed by atoms with Gasteiger partial charge in [-0.3, -0.25) is 14.9 Å². The first-order valence-electron chi connectivity index (χ1n) is 6.54. The predicted octanol–water partition coefficient (Wildman–Crippen LogP) is 3.52. The topological polar surface area (TPSA) is 92.5 Å². The highest BCUT2D eigenvalue weighted by molar-refractivity contribution is 6.35. The third-order valence-corrected chi connectivity index (χ3v) is 3.19. The molecule has 1 rings (SSSR count). The van der Waals surface area contributed by atoms with E-state index in [0.717, 1.165) is 12.8 Å². The number of nitro benzene ring substituents is 1. The van der Waals surface area contributed by atoms with Crippen LogP contribution in [0.4, 0.5) is 5.69 Å². The van der Waals surface area contributed by atoms with Gasteiger partial charge in [-0.15, -0.1) is 0 Å². The summed E-state index contributed by atoms with van der Waals surface area (Å²) in [7, 11) is 0. The Morgan fingerprint density at radius 1 is 1.57 bits per heavy atom. The molecule has 2 N–H and O–H groups in total. The molecule has 21 heavy (non-hydrogen) atoms. The summed E-state index contributed by atoms with van der Waals surface area (Å²) >= 11 is 5.83. The molecule has 0 saturated carbocycles. The molecule has 0 aliphatic carbocycles. The van der Waals surface area contributed by atoms with Crippen molar-refractivity contribution in [3.05, 3.63) is 38.4 Å². The Bertz CT molecular complexity index is 585. The second-order valence-electron chi connectivity index (χ2n) is 4.39. The summed E-state index contributed by atoms with van der Waals surface area (Å²) < 4.78 is 0. The van der Waals surface area contributed by atoms with Crippen LogP contribution in [0, 0.1) is 10.1 Å². The molecule has 1 aromatic rings. The van der Waals surface area contributed by atoms with Gasteiger partial charge in [0.05, 0.1) is 16.1 Å². The van der Waals surface area contributed by atoms with Gasteiger partial charge in [-0.2, -0.15) is 0 Å². The minimum absolute atomic E-state index is 0.0743. The lowest BCUT2D eigenvalue weighted by Gasteiger charge is -2.10. The molecule has 0 fully saturated rings. The smallest absolute Gasteiger partial charge is 0.298 e. The van der Waals surface area contributed by atoms with Gasteiger partial charge in [0.15, 0.2) is 10.8 Å². The second-order valence-corrected chi connectivity index (χ2v) is 4.77. The number of aromatic hydroxyl groups is 1. The molecule has 7 heteroatoms. The molecule has 0 unspecified atom stereocenters. The molecule has 0 radical (unpaired) electrons. The van der Waals surface area contributed by atoms with E-state index in [0.29, 0.717) is 6.54 Å². The molecule has 0 aliphatic heterocycles. The number of carbonyl (C=O) groups excluding carboxylic acids is 1. The molecule has 0 heterocycles. The average Bonchev–Trinajstić information content (AvgIpc) is 2.42. The Balaban J connectivity index is 3.29. The molecule has 1 aromatic carbocycles. The molecule has 0 spiro atoms. The van der Waals surface area contributed by atoms with Crippen LogP contribution in [0.2, 0.25) is 5.02 Å². The van der Waals surface area contributed by atoms with Crippen molar-refractivity contribution in [2.45, 2.75) is 26.7 Å². The zero-order chi connectivity index (χ0) is 16.0. The van der Waals surface area contributed by atoms with Gasteiger partial charge in [-0.25, -0.2) is 0 Å². The molecular weight excluding hydrogens is 296 g/mol. The molecule has 114 valence electrons. The van der Waals surface area contributed by atoms with Gasteiger partial charge in [-0.1, -0.05) is 37.1 Å². The summed E-state index contributed by atoms with van der Waals surface area (Å²) in [6.07, 6.45) is 4.77. The Hall–Kier alpha value is -2.08. The summed E-state index contributed by atoms with van der Waals surface area (Å²) in [5.41, 5.74) is -0.321. The first-order chi connectivity index (χ1) is 9.93. The average molecular weight is 313 g/mol. The van der Waals surface area contributed by atoms with Crippen LogP contribution < -0.4 is 5.32 Å². The van der Waals surface area contributed by atoms with E-state index in [1.165, 1.54) is 12.1 Å². The summed E-state index contributed by atoms with van der Waals surface area (Å²) in [5.74, 6) is -1.09. The van der Waals surface area contributed by atoms with Crippen LogP contribution in [0.25, 0.3) is 6.08 Å². The van der Waals surface area contributed by atoms with E-state index in [1.54, 1.807) is 13.0 Å². The number of phenolic OH excluding ortho intramolecular Hbond substituents is 1. The van der Waals surface area contributed by atoms with Gasteiger partial charge >= 0.3 is 0 Å². The van der Waals surface area contributed by atoms with Gasteiger partial charge in [0.2, 0.25) is 0 Å². The lowest BCUT2D eigenvalue weighted by Crippen LogP contribution is -2.24. The fourth-order valence-corrected chi connectivity index (χ4v) is 2.07. The first kappa shape index (κ1) is 17.0. The van der Waals surface area contributed by atoms with E-state index in [9.17, 15) is 20.0 Å². The van der Waals surface area contributed by atoms with Crippen LogP contribution in [0.15, 0.2) is 12.1 Å². The number of amides is 1. The van der Waals surface area contributed by atoms with Crippen LogP contribution in [0.1, 0.15) is 42.6 Å². The van der Waals surface area contributed by atoms with E-state index in [-0.39, 0.29) is 11.1 Å². The van der Waals surface area contributed by atoms with Crippen LogP contribution in [0.5, 0.6) is 5.75 Å². The van der Waals surface area contributed by atoms with Gasteiger partial charge in [0, 0.05) is 6.54 Å². The number of allylic oxidation sites excluding steroid dienone is 1. The maximum Gasteiger partial charge on any atom is 0.298 e. The second kappa shape index (κ2) is 7.64. The Labute approximate surface area is 127 Å². The van der Waals surface area contributed by atoms with E-state index < -0.39 is 27.3 Å². The highest BCUT2D eigenvalue weighted by Crippen LogP contribution is 2.39. The number of halogens is 1. The van der Waals surface area contributed by atoms with Crippen LogP contribution in [-0.2, 0) is 0 Å². The Morgan fingerprint density at radius 3 is 2.76 bits per heavy atom. The zero-order valence-electron chi connectivity index (χ0n) is 11.9. The van der Waals surface area contributed by atoms with E-state index in [2.05, 4.69) is 5.32 Å². The van der Waals surface area contributed by atoms with Crippen molar-refractivity contribution >= 4 is 29.3 Å². The normalized spacial score (nSPS) is 10.8. The van der Waals surface area contributed by atoms with Crippen LogP contribution in [-0.4, -0.2) is 22.5 Å². The van der Waals surface area contributed by atoms with Crippen molar-refractivity contribution in [3.63, 3.8) is 0 Å².